The van der Waals surface area contributed by atoms with Crippen molar-refractivity contribution in [2.45, 2.75) is 83.5 Å². The standard InChI is InChI=1S/C15H32O2Si/c1-15(2,3)18(4,5)17-14-10-8-13(9-11-14)7-6-12-16/h13-14,16H,6-12H2,1-5H3. The first-order valence-corrected chi connectivity index (χ1v) is 10.5. The van der Waals surface area contributed by atoms with E-state index in [0.29, 0.717) is 17.7 Å². The van der Waals surface area contributed by atoms with E-state index in [0.717, 1.165) is 12.3 Å². The molecule has 1 aliphatic rings. The van der Waals surface area contributed by atoms with Gasteiger partial charge in [0.15, 0.2) is 8.32 Å². The van der Waals surface area contributed by atoms with Crippen LogP contribution in [-0.2, 0) is 4.43 Å². The lowest BCUT2D eigenvalue weighted by atomic mass is 9.85. The first kappa shape index (κ1) is 16.2. The molecule has 1 rings (SSSR count). The van der Waals surface area contributed by atoms with Crippen LogP contribution < -0.4 is 0 Å². The molecule has 1 saturated carbocycles. The molecule has 0 aliphatic heterocycles. The predicted octanol–water partition coefficient (Wildman–Crippen LogP) is 4.34. The second kappa shape index (κ2) is 6.53. The van der Waals surface area contributed by atoms with Crippen LogP contribution in [0.5, 0.6) is 0 Å². The van der Waals surface area contributed by atoms with E-state index in [4.69, 9.17) is 9.53 Å². The van der Waals surface area contributed by atoms with E-state index in [9.17, 15) is 0 Å². The molecule has 108 valence electrons. The Bertz CT molecular complexity index is 237. The molecule has 0 bridgehead atoms. The van der Waals surface area contributed by atoms with Crippen LogP contribution in [0.1, 0.15) is 59.3 Å². The average molecular weight is 273 g/mol. The summed E-state index contributed by atoms with van der Waals surface area (Å²) in [6, 6.07) is 0. The molecule has 0 saturated heterocycles. The zero-order valence-corrected chi connectivity index (χ0v) is 14.0. The van der Waals surface area contributed by atoms with Crippen molar-refractivity contribution >= 4 is 8.32 Å². The first-order valence-electron chi connectivity index (χ1n) is 7.55. The summed E-state index contributed by atoms with van der Waals surface area (Å²) in [5, 5.41) is 9.19. The van der Waals surface area contributed by atoms with E-state index in [-0.39, 0.29) is 0 Å². The SMILES string of the molecule is CC(C)(C)[Si](C)(C)OC1CCC(CCCO)CC1. The predicted molar refractivity (Wildman–Crippen MR) is 80.3 cm³/mol. The minimum atomic E-state index is -1.58. The molecular weight excluding hydrogens is 240 g/mol. The van der Waals surface area contributed by atoms with E-state index in [1.165, 1.54) is 32.1 Å². The van der Waals surface area contributed by atoms with Gasteiger partial charge in [-0.15, -0.1) is 0 Å². The van der Waals surface area contributed by atoms with Gasteiger partial charge < -0.3 is 9.53 Å². The summed E-state index contributed by atoms with van der Waals surface area (Å²) in [4.78, 5) is 0. The Balaban J connectivity index is 2.35. The summed E-state index contributed by atoms with van der Waals surface area (Å²) in [7, 11) is -1.58. The lowest BCUT2D eigenvalue weighted by Gasteiger charge is -2.41. The molecule has 1 N–H and O–H groups in total. The van der Waals surface area contributed by atoms with Crippen molar-refractivity contribution in [2.24, 2.45) is 5.92 Å². The van der Waals surface area contributed by atoms with Crippen LogP contribution in [0, 0.1) is 5.92 Å². The molecule has 0 aromatic carbocycles. The number of hydrogen-bond acceptors (Lipinski definition) is 2. The zero-order chi connectivity index (χ0) is 13.8. The van der Waals surface area contributed by atoms with Gasteiger partial charge in [-0.1, -0.05) is 20.8 Å². The molecule has 0 unspecified atom stereocenters. The molecule has 3 heteroatoms. The lowest BCUT2D eigenvalue weighted by molar-refractivity contribution is 0.111. The van der Waals surface area contributed by atoms with Gasteiger partial charge in [0.2, 0.25) is 0 Å². The van der Waals surface area contributed by atoms with Gasteiger partial charge in [0, 0.05) is 12.7 Å². The number of aliphatic hydroxyl groups excluding tert-OH is 1. The van der Waals surface area contributed by atoms with Gasteiger partial charge in [-0.2, -0.15) is 0 Å². The fourth-order valence-corrected chi connectivity index (χ4v) is 3.93. The van der Waals surface area contributed by atoms with Crippen LogP contribution in [0.2, 0.25) is 18.1 Å². The highest BCUT2D eigenvalue weighted by molar-refractivity contribution is 6.74. The highest BCUT2D eigenvalue weighted by Gasteiger charge is 2.39. The monoisotopic (exact) mass is 272 g/mol. The maximum atomic E-state index is 8.87. The first-order chi connectivity index (χ1) is 8.26. The van der Waals surface area contributed by atoms with Gasteiger partial charge in [-0.25, -0.2) is 0 Å². The smallest absolute Gasteiger partial charge is 0.192 e. The van der Waals surface area contributed by atoms with Crippen molar-refractivity contribution < 1.29 is 9.53 Å². The third kappa shape index (κ3) is 4.67. The summed E-state index contributed by atoms with van der Waals surface area (Å²) in [5.41, 5.74) is 0. The Labute approximate surface area is 114 Å². The van der Waals surface area contributed by atoms with E-state index in [1.54, 1.807) is 0 Å². The van der Waals surface area contributed by atoms with Crippen molar-refractivity contribution in [3.8, 4) is 0 Å². The highest BCUT2D eigenvalue weighted by Crippen LogP contribution is 2.40. The van der Waals surface area contributed by atoms with Crippen LogP contribution in [-0.4, -0.2) is 26.1 Å². The lowest BCUT2D eigenvalue weighted by Crippen LogP contribution is -2.44. The van der Waals surface area contributed by atoms with Gasteiger partial charge in [0.25, 0.3) is 0 Å². The molecular formula is C15H32O2Si. The minimum Gasteiger partial charge on any atom is -0.414 e. The van der Waals surface area contributed by atoms with E-state index < -0.39 is 8.32 Å². The molecule has 1 aliphatic carbocycles. The third-order valence-electron chi connectivity index (χ3n) is 4.83. The molecule has 0 amide bonds. The molecule has 0 aromatic rings. The van der Waals surface area contributed by atoms with Gasteiger partial charge in [0.05, 0.1) is 0 Å². The summed E-state index contributed by atoms with van der Waals surface area (Å²) < 4.78 is 6.49. The largest absolute Gasteiger partial charge is 0.414 e. The van der Waals surface area contributed by atoms with Crippen LogP contribution in [0.4, 0.5) is 0 Å². The molecule has 0 atom stereocenters. The van der Waals surface area contributed by atoms with Gasteiger partial charge in [0.1, 0.15) is 0 Å². The topological polar surface area (TPSA) is 29.5 Å². The fourth-order valence-electron chi connectivity index (χ4n) is 2.51. The molecule has 2 nitrogen and oxygen atoms in total. The van der Waals surface area contributed by atoms with Crippen molar-refractivity contribution in [3.05, 3.63) is 0 Å². The fraction of sp³-hybridized carbons (Fsp3) is 1.00. The second-order valence-corrected chi connectivity index (χ2v) is 12.1. The number of aliphatic hydroxyl groups is 1. The maximum Gasteiger partial charge on any atom is 0.192 e. The molecule has 0 radical (unpaired) electrons. The van der Waals surface area contributed by atoms with E-state index >= 15 is 0 Å². The quantitative estimate of drug-likeness (QED) is 0.754. The summed E-state index contributed by atoms with van der Waals surface area (Å²) >= 11 is 0. The highest BCUT2D eigenvalue weighted by atomic mass is 28.4. The maximum absolute atomic E-state index is 8.87. The Morgan fingerprint density at radius 1 is 1.11 bits per heavy atom. The average Bonchev–Trinajstić information content (AvgIpc) is 2.26. The Morgan fingerprint density at radius 3 is 2.11 bits per heavy atom. The molecule has 0 spiro atoms. The van der Waals surface area contributed by atoms with Crippen molar-refractivity contribution in [1.29, 1.82) is 0 Å². The summed E-state index contributed by atoms with van der Waals surface area (Å²) in [6.45, 7) is 12.0. The van der Waals surface area contributed by atoms with Crippen molar-refractivity contribution in [1.82, 2.24) is 0 Å². The van der Waals surface area contributed by atoms with Crippen LogP contribution >= 0.6 is 0 Å². The van der Waals surface area contributed by atoms with E-state index in [2.05, 4.69) is 33.9 Å². The summed E-state index contributed by atoms with van der Waals surface area (Å²) in [6.07, 6.45) is 7.70. The van der Waals surface area contributed by atoms with Gasteiger partial charge in [-0.05, 0) is 62.6 Å². The minimum absolute atomic E-state index is 0.320. The summed E-state index contributed by atoms with van der Waals surface area (Å²) in [5.74, 6) is 0.830. The van der Waals surface area contributed by atoms with Gasteiger partial charge in [-0.3, -0.25) is 0 Å². The van der Waals surface area contributed by atoms with Gasteiger partial charge >= 0.3 is 0 Å². The second-order valence-electron chi connectivity index (χ2n) is 7.39. The number of rotatable bonds is 5. The van der Waals surface area contributed by atoms with Crippen molar-refractivity contribution in [3.63, 3.8) is 0 Å². The Hall–Kier alpha value is 0.137. The third-order valence-corrected chi connectivity index (χ3v) is 9.37. The molecule has 18 heavy (non-hydrogen) atoms. The Kier molecular flexibility index (Phi) is 5.88. The zero-order valence-electron chi connectivity index (χ0n) is 13.0. The van der Waals surface area contributed by atoms with Crippen LogP contribution in [0.15, 0.2) is 0 Å². The van der Waals surface area contributed by atoms with Crippen LogP contribution in [0.3, 0.4) is 0 Å². The molecule has 0 aromatic heterocycles. The Morgan fingerprint density at radius 2 is 1.67 bits per heavy atom. The normalized spacial score (nSPS) is 26.3. The van der Waals surface area contributed by atoms with Crippen LogP contribution in [0.25, 0.3) is 0 Å². The molecule has 0 heterocycles. The van der Waals surface area contributed by atoms with Crippen molar-refractivity contribution in [2.75, 3.05) is 6.61 Å². The number of hydrogen-bond donors (Lipinski definition) is 1. The van der Waals surface area contributed by atoms with E-state index in [1.807, 2.05) is 0 Å². The molecule has 1 fully saturated rings.